The van der Waals surface area contributed by atoms with E-state index in [-0.39, 0.29) is 11.1 Å². The summed E-state index contributed by atoms with van der Waals surface area (Å²) in [6.07, 6.45) is 0. The highest BCUT2D eigenvalue weighted by Gasteiger charge is 2.19. The summed E-state index contributed by atoms with van der Waals surface area (Å²) in [7, 11) is 0. The second-order valence-corrected chi connectivity index (χ2v) is 4.08. The Balaban J connectivity index is 2.86. The van der Waals surface area contributed by atoms with E-state index in [1.165, 1.54) is 18.2 Å². The van der Waals surface area contributed by atoms with Gasteiger partial charge in [0.05, 0.1) is 11.1 Å². The van der Waals surface area contributed by atoms with Gasteiger partial charge in [0.15, 0.2) is 5.38 Å². The lowest BCUT2D eigenvalue weighted by Crippen LogP contribution is -2.11. The largest absolute Gasteiger partial charge is 0.465 e. The summed E-state index contributed by atoms with van der Waals surface area (Å²) in [6, 6.07) is 4.16. The summed E-state index contributed by atoms with van der Waals surface area (Å²) in [6.45, 7) is 1.96. The molecule has 0 aliphatic carbocycles. The highest BCUT2D eigenvalue weighted by molar-refractivity contribution is 9.10. The topological polar surface area (TPSA) is 26.3 Å². The van der Waals surface area contributed by atoms with E-state index in [1.807, 2.05) is 0 Å². The Morgan fingerprint density at radius 3 is 2.87 bits per heavy atom. The van der Waals surface area contributed by atoms with Gasteiger partial charge < -0.3 is 4.74 Å². The molecule has 1 aromatic carbocycles. The van der Waals surface area contributed by atoms with Crippen LogP contribution in [0.4, 0.5) is 4.39 Å². The van der Waals surface area contributed by atoms with Gasteiger partial charge in [-0.05, 0) is 40.5 Å². The predicted molar refractivity (Wildman–Crippen MR) is 59.3 cm³/mol. The van der Waals surface area contributed by atoms with Crippen molar-refractivity contribution in [2.75, 3.05) is 6.61 Å². The van der Waals surface area contributed by atoms with E-state index in [0.717, 1.165) is 0 Å². The van der Waals surface area contributed by atoms with Crippen molar-refractivity contribution in [1.29, 1.82) is 0 Å². The SMILES string of the molecule is CCOC(=O)C(Cl)c1ccc(F)c(Br)c1. The molecular formula is C10H9BrClFO2. The van der Waals surface area contributed by atoms with Crippen molar-refractivity contribution in [3.8, 4) is 0 Å². The van der Waals surface area contributed by atoms with Crippen LogP contribution in [-0.2, 0) is 9.53 Å². The van der Waals surface area contributed by atoms with E-state index >= 15 is 0 Å². The number of alkyl halides is 1. The number of rotatable bonds is 3. The number of benzene rings is 1. The van der Waals surface area contributed by atoms with Gasteiger partial charge in [-0.1, -0.05) is 6.07 Å². The molecule has 1 atom stereocenters. The maximum absolute atomic E-state index is 12.9. The van der Waals surface area contributed by atoms with Crippen LogP contribution in [0.1, 0.15) is 17.9 Å². The molecule has 0 amide bonds. The molecule has 1 aromatic rings. The van der Waals surface area contributed by atoms with Crippen molar-refractivity contribution in [3.05, 3.63) is 34.1 Å². The van der Waals surface area contributed by atoms with E-state index in [9.17, 15) is 9.18 Å². The summed E-state index contributed by atoms with van der Waals surface area (Å²) in [5, 5.41) is -0.901. The van der Waals surface area contributed by atoms with E-state index in [0.29, 0.717) is 5.56 Å². The molecule has 0 saturated carbocycles. The number of ether oxygens (including phenoxy) is 1. The number of carbonyl (C=O) groups excluding carboxylic acids is 1. The molecule has 0 N–H and O–H groups in total. The van der Waals surface area contributed by atoms with Crippen molar-refractivity contribution < 1.29 is 13.9 Å². The Morgan fingerprint density at radius 2 is 2.33 bits per heavy atom. The first kappa shape index (κ1) is 12.5. The smallest absolute Gasteiger partial charge is 0.328 e. The third-order valence-corrected chi connectivity index (χ3v) is 2.77. The van der Waals surface area contributed by atoms with Gasteiger partial charge in [-0.2, -0.15) is 0 Å². The molecule has 1 rings (SSSR count). The Morgan fingerprint density at radius 1 is 1.67 bits per heavy atom. The molecule has 82 valence electrons. The molecular weight excluding hydrogens is 286 g/mol. The maximum Gasteiger partial charge on any atom is 0.328 e. The molecule has 0 bridgehead atoms. The van der Waals surface area contributed by atoms with Gasteiger partial charge in [-0.25, -0.2) is 4.39 Å². The first-order valence-corrected chi connectivity index (χ1v) is 5.55. The van der Waals surface area contributed by atoms with Crippen LogP contribution >= 0.6 is 27.5 Å². The predicted octanol–water partition coefficient (Wildman–Crippen LogP) is 3.43. The first-order valence-electron chi connectivity index (χ1n) is 4.32. The van der Waals surface area contributed by atoms with Crippen LogP contribution in [0.3, 0.4) is 0 Å². The number of hydrogen-bond acceptors (Lipinski definition) is 2. The van der Waals surface area contributed by atoms with Crippen molar-refractivity contribution in [2.45, 2.75) is 12.3 Å². The van der Waals surface area contributed by atoms with Crippen LogP contribution in [-0.4, -0.2) is 12.6 Å². The molecule has 0 fully saturated rings. The van der Waals surface area contributed by atoms with E-state index in [4.69, 9.17) is 16.3 Å². The number of esters is 1. The monoisotopic (exact) mass is 294 g/mol. The molecule has 0 radical (unpaired) electrons. The Kier molecular flexibility index (Phi) is 4.54. The van der Waals surface area contributed by atoms with Crippen LogP contribution < -0.4 is 0 Å². The van der Waals surface area contributed by atoms with Crippen LogP contribution in [0.25, 0.3) is 0 Å². The molecule has 0 aromatic heterocycles. The third-order valence-electron chi connectivity index (χ3n) is 1.73. The first-order chi connectivity index (χ1) is 7.06. The minimum atomic E-state index is -0.901. The molecule has 0 saturated heterocycles. The minimum absolute atomic E-state index is 0.268. The fourth-order valence-electron chi connectivity index (χ4n) is 1.02. The van der Waals surface area contributed by atoms with Crippen LogP contribution in [0.5, 0.6) is 0 Å². The standard InChI is InChI=1S/C10H9BrClFO2/c1-2-15-10(14)9(12)6-3-4-8(13)7(11)5-6/h3-5,9H,2H2,1H3. The summed E-state index contributed by atoms with van der Waals surface area (Å²) in [4.78, 5) is 11.3. The van der Waals surface area contributed by atoms with Gasteiger partial charge in [0, 0.05) is 0 Å². The van der Waals surface area contributed by atoms with Gasteiger partial charge in [-0.3, -0.25) is 4.79 Å². The van der Waals surface area contributed by atoms with Gasteiger partial charge in [0.2, 0.25) is 0 Å². The fourth-order valence-corrected chi connectivity index (χ4v) is 1.62. The van der Waals surface area contributed by atoms with Crippen molar-refractivity contribution >= 4 is 33.5 Å². The Bertz CT molecular complexity index is 370. The van der Waals surface area contributed by atoms with Crippen molar-refractivity contribution in [1.82, 2.24) is 0 Å². The lowest BCUT2D eigenvalue weighted by Gasteiger charge is -2.09. The lowest BCUT2D eigenvalue weighted by molar-refractivity contribution is -0.142. The van der Waals surface area contributed by atoms with E-state index in [1.54, 1.807) is 6.92 Å². The lowest BCUT2D eigenvalue weighted by atomic mass is 10.1. The molecule has 0 heterocycles. The number of hydrogen-bond donors (Lipinski definition) is 0. The Hall–Kier alpha value is -0.610. The van der Waals surface area contributed by atoms with E-state index < -0.39 is 17.2 Å². The molecule has 1 unspecified atom stereocenters. The average molecular weight is 296 g/mol. The van der Waals surface area contributed by atoms with Crippen molar-refractivity contribution in [3.63, 3.8) is 0 Å². The highest BCUT2D eigenvalue weighted by Crippen LogP contribution is 2.26. The molecule has 0 spiro atoms. The van der Waals surface area contributed by atoms with Crippen LogP contribution in [0.15, 0.2) is 22.7 Å². The van der Waals surface area contributed by atoms with Gasteiger partial charge in [-0.15, -0.1) is 11.6 Å². The third kappa shape index (κ3) is 3.18. The Labute approximate surface area is 101 Å². The number of halogens is 3. The normalized spacial score (nSPS) is 12.3. The molecule has 5 heteroatoms. The second kappa shape index (κ2) is 5.47. The van der Waals surface area contributed by atoms with E-state index in [2.05, 4.69) is 15.9 Å². The summed E-state index contributed by atoms with van der Waals surface area (Å²) >= 11 is 8.86. The maximum atomic E-state index is 12.9. The number of carbonyl (C=O) groups is 1. The minimum Gasteiger partial charge on any atom is -0.465 e. The van der Waals surface area contributed by atoms with Gasteiger partial charge in [0.1, 0.15) is 5.82 Å². The van der Waals surface area contributed by atoms with Crippen molar-refractivity contribution in [2.24, 2.45) is 0 Å². The zero-order valence-corrected chi connectivity index (χ0v) is 10.3. The average Bonchev–Trinajstić information content (AvgIpc) is 2.21. The molecule has 0 aliphatic heterocycles. The van der Waals surface area contributed by atoms with Crippen LogP contribution in [0, 0.1) is 5.82 Å². The van der Waals surface area contributed by atoms with Crippen LogP contribution in [0.2, 0.25) is 0 Å². The zero-order chi connectivity index (χ0) is 11.4. The van der Waals surface area contributed by atoms with Gasteiger partial charge in [0.25, 0.3) is 0 Å². The molecule has 0 aliphatic rings. The van der Waals surface area contributed by atoms with Gasteiger partial charge >= 0.3 is 5.97 Å². The summed E-state index contributed by atoms with van der Waals surface area (Å²) in [5.74, 6) is -0.927. The highest BCUT2D eigenvalue weighted by atomic mass is 79.9. The molecule has 2 nitrogen and oxygen atoms in total. The summed E-state index contributed by atoms with van der Waals surface area (Å²) in [5.41, 5.74) is 0.503. The zero-order valence-electron chi connectivity index (χ0n) is 7.97. The second-order valence-electron chi connectivity index (χ2n) is 2.79. The fraction of sp³-hybridized carbons (Fsp3) is 0.300. The quantitative estimate of drug-likeness (QED) is 0.631. The molecule has 15 heavy (non-hydrogen) atoms. The summed E-state index contributed by atoms with van der Waals surface area (Å²) < 4.78 is 17.9.